The molecular weight excluding hydrogens is 281 g/mol. The van der Waals surface area contributed by atoms with Crippen molar-refractivity contribution in [3.63, 3.8) is 0 Å². The van der Waals surface area contributed by atoms with E-state index in [4.69, 9.17) is 0 Å². The normalized spacial score (nSPS) is 20.6. The molecule has 0 radical (unpaired) electrons. The summed E-state index contributed by atoms with van der Waals surface area (Å²) in [5.41, 5.74) is -0.645. The molecule has 1 aromatic carbocycles. The molecule has 3 nitrogen and oxygen atoms in total. The minimum absolute atomic E-state index is 0.255. The van der Waals surface area contributed by atoms with Gasteiger partial charge in [0.2, 0.25) is 0 Å². The molecule has 1 aliphatic rings. The van der Waals surface area contributed by atoms with Gasteiger partial charge in [-0.1, -0.05) is 6.92 Å². The Balaban J connectivity index is 2.31. The number of hydrogen-bond acceptors (Lipinski definition) is 3. The first-order chi connectivity index (χ1) is 9.86. The minimum atomic E-state index is -4.51. The van der Waals surface area contributed by atoms with Crippen molar-refractivity contribution < 1.29 is 18.0 Å². The molecule has 6 heteroatoms. The Hall–Kier alpha value is -1.56. The van der Waals surface area contributed by atoms with Crippen LogP contribution in [0.4, 0.5) is 18.9 Å². The van der Waals surface area contributed by atoms with E-state index in [1.54, 1.807) is 6.07 Å². The summed E-state index contributed by atoms with van der Waals surface area (Å²) < 4.78 is 39.0. The van der Waals surface area contributed by atoms with Crippen molar-refractivity contribution in [2.45, 2.75) is 25.6 Å². The first-order valence-electron chi connectivity index (χ1n) is 6.98. The summed E-state index contributed by atoms with van der Waals surface area (Å²) in [4.78, 5) is 15.0. The molecule has 0 aromatic heterocycles. The summed E-state index contributed by atoms with van der Waals surface area (Å²) in [6.07, 6.45) is -3.31. The van der Waals surface area contributed by atoms with Gasteiger partial charge in [-0.3, -0.25) is 9.69 Å². The van der Waals surface area contributed by atoms with E-state index in [0.717, 1.165) is 19.0 Å². The van der Waals surface area contributed by atoms with Crippen molar-refractivity contribution in [3.05, 3.63) is 29.3 Å². The van der Waals surface area contributed by atoms with Crippen LogP contribution >= 0.6 is 0 Å². The molecule has 1 saturated heterocycles. The topological polar surface area (TPSA) is 23.6 Å². The first kappa shape index (κ1) is 15.8. The Kier molecular flexibility index (Phi) is 4.56. The monoisotopic (exact) mass is 300 g/mol. The van der Waals surface area contributed by atoms with Crippen LogP contribution in [0.2, 0.25) is 0 Å². The fraction of sp³-hybridized carbons (Fsp3) is 0.533. The van der Waals surface area contributed by atoms with Gasteiger partial charge in [-0.15, -0.1) is 0 Å². The van der Waals surface area contributed by atoms with Gasteiger partial charge in [0, 0.05) is 36.9 Å². The molecule has 1 aliphatic heterocycles. The Morgan fingerprint density at radius 2 is 2.05 bits per heavy atom. The molecule has 1 fully saturated rings. The van der Waals surface area contributed by atoms with E-state index in [2.05, 4.69) is 11.8 Å². The number of hydrogen-bond donors (Lipinski definition) is 0. The maximum atomic E-state index is 13.0. The highest BCUT2D eigenvalue weighted by atomic mass is 19.4. The van der Waals surface area contributed by atoms with Crippen LogP contribution in [0.15, 0.2) is 18.2 Å². The summed E-state index contributed by atoms with van der Waals surface area (Å²) in [6, 6.07) is 4.27. The second-order valence-electron chi connectivity index (χ2n) is 5.38. The van der Waals surface area contributed by atoms with E-state index in [0.29, 0.717) is 24.8 Å². The zero-order valence-corrected chi connectivity index (χ0v) is 12.2. The third-order valence-corrected chi connectivity index (χ3v) is 4.08. The lowest BCUT2D eigenvalue weighted by atomic mass is 10.0. The van der Waals surface area contributed by atoms with Gasteiger partial charge >= 0.3 is 6.18 Å². The summed E-state index contributed by atoms with van der Waals surface area (Å²) in [6.45, 7) is 4.27. The van der Waals surface area contributed by atoms with Crippen molar-refractivity contribution in [2.24, 2.45) is 0 Å². The summed E-state index contributed by atoms with van der Waals surface area (Å²) in [5, 5.41) is 0. The van der Waals surface area contributed by atoms with Crippen LogP contribution in [-0.4, -0.2) is 43.9 Å². The van der Waals surface area contributed by atoms with E-state index in [1.807, 2.05) is 11.9 Å². The standard InChI is InChI=1S/C15H19F3N2O/c1-3-12-9-20(7-6-19(12)2)13-5-4-11(10-21)14(8-13)15(16,17)18/h4-5,8,10,12H,3,6-7,9H2,1-2H3. The van der Waals surface area contributed by atoms with E-state index in [-0.39, 0.29) is 11.8 Å². The SMILES string of the molecule is CCC1CN(c2ccc(C=O)c(C(F)(F)F)c2)CCN1C. The number of rotatable bonds is 3. The van der Waals surface area contributed by atoms with Gasteiger partial charge in [-0.2, -0.15) is 13.2 Å². The first-order valence-corrected chi connectivity index (χ1v) is 6.98. The van der Waals surface area contributed by atoms with Gasteiger partial charge < -0.3 is 4.90 Å². The van der Waals surface area contributed by atoms with E-state index in [9.17, 15) is 18.0 Å². The molecule has 116 valence electrons. The maximum Gasteiger partial charge on any atom is 0.417 e. The number of alkyl halides is 3. The predicted octanol–water partition coefficient (Wildman–Crippen LogP) is 3.05. The van der Waals surface area contributed by atoms with Gasteiger partial charge in [0.15, 0.2) is 6.29 Å². The number of nitrogens with zero attached hydrogens (tertiary/aromatic N) is 2. The average molecular weight is 300 g/mol. The van der Waals surface area contributed by atoms with Crippen LogP contribution in [0.5, 0.6) is 0 Å². The highest BCUT2D eigenvalue weighted by Crippen LogP contribution is 2.34. The Labute approximate surface area is 122 Å². The van der Waals surface area contributed by atoms with Gasteiger partial charge in [0.1, 0.15) is 0 Å². The fourth-order valence-electron chi connectivity index (χ4n) is 2.71. The van der Waals surface area contributed by atoms with E-state index >= 15 is 0 Å². The predicted molar refractivity (Wildman–Crippen MR) is 75.8 cm³/mol. The summed E-state index contributed by atoms with van der Waals surface area (Å²) in [7, 11) is 2.03. The smallest absolute Gasteiger partial charge is 0.369 e. The molecule has 0 saturated carbocycles. The van der Waals surface area contributed by atoms with E-state index in [1.165, 1.54) is 6.07 Å². The number of benzene rings is 1. The summed E-state index contributed by atoms with van der Waals surface area (Å²) in [5.74, 6) is 0. The molecule has 1 heterocycles. The Morgan fingerprint density at radius 1 is 1.33 bits per heavy atom. The molecule has 0 N–H and O–H groups in total. The van der Waals surface area contributed by atoms with Crippen molar-refractivity contribution in [1.29, 1.82) is 0 Å². The van der Waals surface area contributed by atoms with Crippen molar-refractivity contribution in [2.75, 3.05) is 31.6 Å². The van der Waals surface area contributed by atoms with Crippen LogP contribution < -0.4 is 4.90 Å². The third kappa shape index (κ3) is 3.37. The number of carbonyl (C=O) groups is 1. The minimum Gasteiger partial charge on any atom is -0.369 e. The number of anilines is 1. The lowest BCUT2D eigenvalue weighted by Gasteiger charge is -2.40. The second kappa shape index (κ2) is 6.05. The largest absolute Gasteiger partial charge is 0.417 e. The number of piperazine rings is 1. The van der Waals surface area contributed by atoms with Gasteiger partial charge in [-0.05, 0) is 31.7 Å². The van der Waals surface area contributed by atoms with Crippen LogP contribution in [0.3, 0.4) is 0 Å². The number of halogens is 3. The third-order valence-electron chi connectivity index (χ3n) is 4.08. The maximum absolute atomic E-state index is 13.0. The molecule has 1 unspecified atom stereocenters. The zero-order valence-electron chi connectivity index (χ0n) is 12.2. The lowest BCUT2D eigenvalue weighted by Crippen LogP contribution is -2.51. The van der Waals surface area contributed by atoms with Crippen LogP contribution in [0.25, 0.3) is 0 Å². The molecule has 1 aromatic rings. The molecule has 0 bridgehead atoms. The molecular formula is C15H19F3N2O. The van der Waals surface area contributed by atoms with E-state index < -0.39 is 11.7 Å². The quantitative estimate of drug-likeness (QED) is 0.802. The molecule has 0 aliphatic carbocycles. The Morgan fingerprint density at radius 3 is 2.62 bits per heavy atom. The number of carbonyl (C=O) groups excluding carboxylic acids is 1. The highest BCUT2D eigenvalue weighted by molar-refractivity contribution is 5.79. The van der Waals surface area contributed by atoms with Crippen molar-refractivity contribution >= 4 is 12.0 Å². The van der Waals surface area contributed by atoms with Crippen LogP contribution in [0.1, 0.15) is 29.3 Å². The molecule has 21 heavy (non-hydrogen) atoms. The fourth-order valence-corrected chi connectivity index (χ4v) is 2.71. The lowest BCUT2D eigenvalue weighted by molar-refractivity contribution is -0.137. The highest BCUT2D eigenvalue weighted by Gasteiger charge is 2.34. The van der Waals surface area contributed by atoms with Gasteiger partial charge in [0.05, 0.1) is 5.56 Å². The van der Waals surface area contributed by atoms with Crippen molar-refractivity contribution in [3.8, 4) is 0 Å². The molecule has 2 rings (SSSR count). The van der Waals surface area contributed by atoms with Crippen LogP contribution in [0, 0.1) is 0 Å². The van der Waals surface area contributed by atoms with Gasteiger partial charge in [-0.25, -0.2) is 0 Å². The molecule has 1 atom stereocenters. The Bertz CT molecular complexity index is 516. The summed E-state index contributed by atoms with van der Waals surface area (Å²) >= 11 is 0. The number of likely N-dealkylation sites (N-methyl/N-ethyl adjacent to an activating group) is 1. The molecule has 0 spiro atoms. The average Bonchev–Trinajstić information content (AvgIpc) is 2.46. The van der Waals surface area contributed by atoms with Crippen molar-refractivity contribution in [1.82, 2.24) is 4.90 Å². The molecule has 0 amide bonds. The second-order valence-corrected chi connectivity index (χ2v) is 5.38. The van der Waals surface area contributed by atoms with Gasteiger partial charge in [0.25, 0.3) is 0 Å². The number of aldehydes is 1. The van der Waals surface area contributed by atoms with Crippen LogP contribution in [-0.2, 0) is 6.18 Å². The zero-order chi connectivity index (χ0) is 15.6.